The largest absolute Gasteiger partial charge is 0.454 e. The number of rotatable bonds is 7. The van der Waals surface area contributed by atoms with Gasteiger partial charge in [0.25, 0.3) is 5.91 Å². The molecule has 1 amide bonds. The molecule has 3 heterocycles. The molecule has 1 N–H and O–H groups in total. The lowest BCUT2D eigenvalue weighted by Crippen LogP contribution is -2.25. The van der Waals surface area contributed by atoms with E-state index in [9.17, 15) is 4.79 Å². The Bertz CT molecular complexity index is 903. The minimum Gasteiger partial charge on any atom is -0.454 e. The number of carbonyl (C=O) groups excluding carboxylic acids is 1. The molecule has 0 aliphatic rings. The van der Waals surface area contributed by atoms with Crippen molar-refractivity contribution in [3.63, 3.8) is 0 Å². The molecule has 0 spiro atoms. The highest BCUT2D eigenvalue weighted by Gasteiger charge is 2.12. The summed E-state index contributed by atoms with van der Waals surface area (Å²) in [6.45, 7) is 9.84. The lowest BCUT2D eigenvalue weighted by atomic mass is 10.3. The van der Waals surface area contributed by atoms with Crippen LogP contribution in [0.1, 0.15) is 45.5 Å². The summed E-state index contributed by atoms with van der Waals surface area (Å²) < 4.78 is 9.49. The molecule has 0 radical (unpaired) electrons. The number of furan rings is 1. The molecule has 0 aliphatic heterocycles. The van der Waals surface area contributed by atoms with Gasteiger partial charge in [-0.15, -0.1) is 0 Å². The summed E-state index contributed by atoms with van der Waals surface area (Å²) in [6, 6.07) is 7.59. The molecule has 0 unspecified atom stereocenters. The summed E-state index contributed by atoms with van der Waals surface area (Å²) in [4.78, 5) is 12.2. The van der Waals surface area contributed by atoms with Gasteiger partial charge in [0.05, 0.1) is 17.9 Å². The van der Waals surface area contributed by atoms with E-state index < -0.39 is 0 Å². The molecule has 0 saturated heterocycles. The third-order valence-corrected chi connectivity index (χ3v) is 4.23. The highest BCUT2D eigenvalue weighted by atomic mass is 16.4. The molecule has 0 fully saturated rings. The molecule has 0 saturated carbocycles. The Morgan fingerprint density at radius 2 is 1.69 bits per heavy atom. The van der Waals surface area contributed by atoms with Crippen LogP contribution in [0.3, 0.4) is 0 Å². The average molecular weight is 355 g/mol. The molecule has 3 aromatic rings. The molecular weight excluding hydrogens is 330 g/mol. The van der Waals surface area contributed by atoms with E-state index in [0.717, 1.165) is 35.7 Å². The van der Waals surface area contributed by atoms with Crippen LogP contribution in [0.15, 0.2) is 28.7 Å². The molecule has 0 aliphatic carbocycles. The smallest absolute Gasteiger partial charge is 0.286 e. The van der Waals surface area contributed by atoms with Crippen molar-refractivity contribution in [1.29, 1.82) is 0 Å². The average Bonchev–Trinajstić information content (AvgIpc) is 3.25. The first-order valence-electron chi connectivity index (χ1n) is 8.81. The normalized spacial score (nSPS) is 11.1. The molecule has 0 atom stereocenters. The molecule has 0 aromatic carbocycles. The topological polar surface area (TPSA) is 77.9 Å². The second kappa shape index (κ2) is 7.59. The minimum atomic E-state index is -0.196. The van der Waals surface area contributed by atoms with E-state index in [2.05, 4.69) is 15.5 Å². The first kappa shape index (κ1) is 18.0. The number of amides is 1. The fourth-order valence-corrected chi connectivity index (χ4v) is 2.99. The Balaban J connectivity index is 1.48. The summed E-state index contributed by atoms with van der Waals surface area (Å²) in [6.07, 6.45) is 0.813. The maximum Gasteiger partial charge on any atom is 0.286 e. The highest BCUT2D eigenvalue weighted by molar-refractivity contribution is 5.91. The van der Waals surface area contributed by atoms with Crippen LogP contribution in [0.2, 0.25) is 0 Å². The van der Waals surface area contributed by atoms with Gasteiger partial charge in [0.1, 0.15) is 5.76 Å². The number of aryl methyl sites for hydroxylation is 5. The van der Waals surface area contributed by atoms with Gasteiger partial charge in [-0.1, -0.05) is 0 Å². The van der Waals surface area contributed by atoms with Crippen molar-refractivity contribution >= 4 is 5.91 Å². The molecule has 0 bridgehead atoms. The van der Waals surface area contributed by atoms with Crippen LogP contribution in [-0.4, -0.2) is 32.0 Å². The molecule has 7 heteroatoms. The van der Waals surface area contributed by atoms with E-state index in [1.165, 1.54) is 0 Å². The van der Waals surface area contributed by atoms with Crippen molar-refractivity contribution in [2.24, 2.45) is 0 Å². The van der Waals surface area contributed by atoms with Crippen LogP contribution in [-0.2, 0) is 13.1 Å². The van der Waals surface area contributed by atoms with Gasteiger partial charge in [-0.2, -0.15) is 10.2 Å². The Hall–Kier alpha value is -2.83. The summed E-state index contributed by atoms with van der Waals surface area (Å²) in [5.41, 5.74) is 4.18. The Morgan fingerprint density at radius 1 is 1.04 bits per heavy atom. The number of hydrogen-bond donors (Lipinski definition) is 1. The standard InChI is InChI=1S/C19H25N5O2/c1-13-10-15(3)23(21-13)9-5-8-20-19(25)18-7-6-17(26-18)12-24-16(4)11-14(2)22-24/h6-7,10-11H,5,8-9,12H2,1-4H3,(H,20,25). The van der Waals surface area contributed by atoms with Crippen molar-refractivity contribution in [3.05, 3.63) is 58.6 Å². The van der Waals surface area contributed by atoms with Crippen LogP contribution < -0.4 is 5.32 Å². The van der Waals surface area contributed by atoms with Gasteiger partial charge in [0.15, 0.2) is 5.76 Å². The van der Waals surface area contributed by atoms with E-state index in [1.807, 2.05) is 55.3 Å². The predicted octanol–water partition coefficient (Wildman–Crippen LogP) is 2.77. The van der Waals surface area contributed by atoms with Gasteiger partial charge >= 0.3 is 0 Å². The number of nitrogens with zero attached hydrogens (tertiary/aromatic N) is 4. The minimum absolute atomic E-state index is 0.196. The van der Waals surface area contributed by atoms with Gasteiger partial charge in [-0.05, 0) is 58.4 Å². The zero-order valence-corrected chi connectivity index (χ0v) is 15.7. The second-order valence-electron chi connectivity index (χ2n) is 6.61. The van der Waals surface area contributed by atoms with Crippen molar-refractivity contribution in [3.8, 4) is 0 Å². The lowest BCUT2D eigenvalue weighted by molar-refractivity contribution is 0.0923. The van der Waals surface area contributed by atoms with Gasteiger partial charge in [-0.3, -0.25) is 14.2 Å². The van der Waals surface area contributed by atoms with Crippen molar-refractivity contribution in [1.82, 2.24) is 24.9 Å². The quantitative estimate of drug-likeness (QED) is 0.661. The van der Waals surface area contributed by atoms with Crippen LogP contribution in [0.5, 0.6) is 0 Å². The van der Waals surface area contributed by atoms with Gasteiger partial charge in [0.2, 0.25) is 0 Å². The van der Waals surface area contributed by atoms with E-state index >= 15 is 0 Å². The predicted molar refractivity (Wildman–Crippen MR) is 98.2 cm³/mol. The third kappa shape index (κ3) is 4.22. The Kier molecular flexibility index (Phi) is 5.25. The van der Waals surface area contributed by atoms with Crippen LogP contribution >= 0.6 is 0 Å². The number of aromatic nitrogens is 4. The molecule has 7 nitrogen and oxygen atoms in total. The maximum atomic E-state index is 12.2. The van der Waals surface area contributed by atoms with Crippen molar-refractivity contribution in [2.75, 3.05) is 6.54 Å². The fraction of sp³-hybridized carbons (Fsp3) is 0.421. The summed E-state index contributed by atoms with van der Waals surface area (Å²) in [5, 5.41) is 11.7. The zero-order chi connectivity index (χ0) is 18.7. The van der Waals surface area contributed by atoms with Gasteiger partial charge < -0.3 is 9.73 Å². The van der Waals surface area contributed by atoms with Crippen molar-refractivity contribution in [2.45, 2.75) is 47.2 Å². The van der Waals surface area contributed by atoms with E-state index in [0.29, 0.717) is 24.6 Å². The fourth-order valence-electron chi connectivity index (χ4n) is 2.99. The Morgan fingerprint density at radius 3 is 2.31 bits per heavy atom. The third-order valence-electron chi connectivity index (χ3n) is 4.23. The Labute approximate surface area is 153 Å². The van der Waals surface area contributed by atoms with Crippen molar-refractivity contribution < 1.29 is 9.21 Å². The van der Waals surface area contributed by atoms with E-state index in [-0.39, 0.29) is 5.91 Å². The molecule has 3 rings (SSSR count). The number of carbonyl (C=O) groups is 1. The zero-order valence-electron chi connectivity index (χ0n) is 15.7. The van der Waals surface area contributed by atoms with Crippen LogP contribution in [0.25, 0.3) is 0 Å². The summed E-state index contributed by atoms with van der Waals surface area (Å²) in [5.74, 6) is 0.842. The molecule has 3 aromatic heterocycles. The van der Waals surface area contributed by atoms with E-state index in [1.54, 1.807) is 6.07 Å². The monoisotopic (exact) mass is 355 g/mol. The maximum absolute atomic E-state index is 12.2. The summed E-state index contributed by atoms with van der Waals surface area (Å²) in [7, 11) is 0. The highest BCUT2D eigenvalue weighted by Crippen LogP contribution is 2.11. The first-order valence-corrected chi connectivity index (χ1v) is 8.81. The molecule has 26 heavy (non-hydrogen) atoms. The second-order valence-corrected chi connectivity index (χ2v) is 6.61. The molecule has 138 valence electrons. The SMILES string of the molecule is Cc1cc(C)n(CCCNC(=O)c2ccc(Cn3nc(C)cc3C)o2)n1. The summed E-state index contributed by atoms with van der Waals surface area (Å²) >= 11 is 0. The number of hydrogen-bond acceptors (Lipinski definition) is 4. The van der Waals surface area contributed by atoms with Crippen LogP contribution in [0.4, 0.5) is 0 Å². The van der Waals surface area contributed by atoms with Crippen LogP contribution in [0, 0.1) is 27.7 Å². The van der Waals surface area contributed by atoms with E-state index in [4.69, 9.17) is 4.42 Å². The number of nitrogens with one attached hydrogen (secondary N) is 1. The molecular formula is C19H25N5O2. The lowest BCUT2D eigenvalue weighted by Gasteiger charge is -2.05. The van der Waals surface area contributed by atoms with Gasteiger partial charge in [0, 0.05) is 24.5 Å². The van der Waals surface area contributed by atoms with Gasteiger partial charge in [-0.25, -0.2) is 0 Å². The first-order chi connectivity index (χ1) is 12.4.